The number of aryl methyl sites for hydroxylation is 1. The van der Waals surface area contributed by atoms with Gasteiger partial charge in [-0.1, -0.05) is 42.8 Å². The van der Waals surface area contributed by atoms with E-state index in [2.05, 4.69) is 41.6 Å². The van der Waals surface area contributed by atoms with Gasteiger partial charge in [0.1, 0.15) is 0 Å². The Morgan fingerprint density at radius 1 is 1.26 bits per heavy atom. The summed E-state index contributed by atoms with van der Waals surface area (Å²) in [6.07, 6.45) is 2.93. The third-order valence-electron chi connectivity index (χ3n) is 3.16. The quantitative estimate of drug-likeness (QED) is 0.823. The molecule has 1 aromatic carbocycles. The Morgan fingerprint density at radius 3 is 2.63 bits per heavy atom. The van der Waals surface area contributed by atoms with Crippen LogP contribution < -0.4 is 5.32 Å². The van der Waals surface area contributed by atoms with E-state index in [9.17, 15) is 0 Å². The molecular weight excluding hydrogens is 258 g/mol. The van der Waals surface area contributed by atoms with Gasteiger partial charge in [0.05, 0.1) is 17.3 Å². The number of rotatable bonds is 6. The van der Waals surface area contributed by atoms with E-state index in [1.807, 2.05) is 17.8 Å². The zero-order valence-corrected chi connectivity index (χ0v) is 12.2. The summed E-state index contributed by atoms with van der Waals surface area (Å²) < 4.78 is 1.91. The molecule has 0 aliphatic heterocycles. The first-order chi connectivity index (χ1) is 9.20. The topological polar surface area (TPSA) is 29.9 Å². The highest BCUT2D eigenvalue weighted by atomic mass is 35.5. The molecule has 19 heavy (non-hydrogen) atoms. The highest BCUT2D eigenvalue weighted by molar-refractivity contribution is 6.31. The van der Waals surface area contributed by atoms with Gasteiger partial charge >= 0.3 is 0 Å². The van der Waals surface area contributed by atoms with E-state index in [1.165, 1.54) is 11.1 Å². The van der Waals surface area contributed by atoms with Crippen LogP contribution >= 0.6 is 11.6 Å². The zero-order chi connectivity index (χ0) is 13.7. The lowest BCUT2D eigenvalue weighted by Crippen LogP contribution is -2.17. The molecule has 0 aliphatic carbocycles. The smallest absolute Gasteiger partial charge is 0.0815 e. The van der Waals surface area contributed by atoms with Crippen LogP contribution in [-0.4, -0.2) is 22.9 Å². The minimum absolute atomic E-state index is 0.727. The summed E-state index contributed by atoms with van der Waals surface area (Å²) in [5.74, 6) is 0. The SMILES string of the molecule is CCNCCc1ccccc1Cn1cc(Cl)c(C)n1. The molecule has 3 nitrogen and oxygen atoms in total. The summed E-state index contributed by atoms with van der Waals surface area (Å²) in [6.45, 7) is 6.84. The summed E-state index contributed by atoms with van der Waals surface area (Å²) in [7, 11) is 0. The van der Waals surface area contributed by atoms with Crippen molar-refractivity contribution in [2.24, 2.45) is 0 Å². The predicted molar refractivity (Wildman–Crippen MR) is 79.8 cm³/mol. The first-order valence-corrected chi connectivity index (χ1v) is 7.05. The van der Waals surface area contributed by atoms with E-state index in [0.29, 0.717) is 0 Å². The van der Waals surface area contributed by atoms with Gasteiger partial charge in [-0.15, -0.1) is 0 Å². The van der Waals surface area contributed by atoms with Crippen molar-refractivity contribution in [3.05, 3.63) is 52.3 Å². The molecule has 1 heterocycles. The molecule has 0 spiro atoms. The van der Waals surface area contributed by atoms with Crippen molar-refractivity contribution in [3.8, 4) is 0 Å². The molecule has 102 valence electrons. The molecule has 0 saturated heterocycles. The van der Waals surface area contributed by atoms with Gasteiger partial charge < -0.3 is 5.32 Å². The molecule has 2 rings (SSSR count). The Bertz CT molecular complexity index is 514. The first kappa shape index (κ1) is 14.1. The molecule has 0 amide bonds. The Labute approximate surface area is 119 Å². The Morgan fingerprint density at radius 2 is 2.00 bits per heavy atom. The molecule has 1 aromatic heterocycles. The fourth-order valence-corrected chi connectivity index (χ4v) is 2.25. The second-order valence-corrected chi connectivity index (χ2v) is 5.04. The van der Waals surface area contributed by atoms with Crippen LogP contribution in [0.5, 0.6) is 0 Å². The molecule has 4 heteroatoms. The van der Waals surface area contributed by atoms with Crippen LogP contribution in [0.1, 0.15) is 23.7 Å². The Balaban J connectivity index is 2.10. The highest BCUT2D eigenvalue weighted by Crippen LogP contribution is 2.15. The lowest BCUT2D eigenvalue weighted by atomic mass is 10.0. The number of likely N-dealkylation sites (N-methyl/N-ethyl adjacent to an activating group) is 1. The maximum Gasteiger partial charge on any atom is 0.0815 e. The van der Waals surface area contributed by atoms with Crippen molar-refractivity contribution in [1.82, 2.24) is 15.1 Å². The highest BCUT2D eigenvalue weighted by Gasteiger charge is 2.06. The summed E-state index contributed by atoms with van der Waals surface area (Å²) in [5.41, 5.74) is 3.55. The number of hydrogen-bond donors (Lipinski definition) is 1. The first-order valence-electron chi connectivity index (χ1n) is 6.67. The molecule has 0 fully saturated rings. The van der Waals surface area contributed by atoms with Gasteiger partial charge in [0.25, 0.3) is 0 Å². The average Bonchev–Trinajstić information content (AvgIpc) is 2.71. The monoisotopic (exact) mass is 277 g/mol. The van der Waals surface area contributed by atoms with Gasteiger partial charge in [-0.3, -0.25) is 4.68 Å². The maximum absolute atomic E-state index is 6.04. The van der Waals surface area contributed by atoms with Gasteiger partial charge in [-0.2, -0.15) is 5.10 Å². The van der Waals surface area contributed by atoms with Crippen molar-refractivity contribution in [3.63, 3.8) is 0 Å². The lowest BCUT2D eigenvalue weighted by Gasteiger charge is -2.10. The summed E-state index contributed by atoms with van der Waals surface area (Å²) in [5, 5.41) is 8.50. The van der Waals surface area contributed by atoms with Crippen LogP contribution in [0.4, 0.5) is 0 Å². The molecule has 0 atom stereocenters. The van der Waals surface area contributed by atoms with E-state index in [0.717, 1.165) is 36.8 Å². The van der Waals surface area contributed by atoms with Gasteiger partial charge in [0, 0.05) is 6.20 Å². The van der Waals surface area contributed by atoms with Crippen LogP contribution in [0.25, 0.3) is 0 Å². The zero-order valence-electron chi connectivity index (χ0n) is 11.5. The molecule has 0 bridgehead atoms. The molecular formula is C15H20ClN3. The van der Waals surface area contributed by atoms with Crippen LogP contribution in [-0.2, 0) is 13.0 Å². The van der Waals surface area contributed by atoms with E-state index < -0.39 is 0 Å². The van der Waals surface area contributed by atoms with E-state index in [-0.39, 0.29) is 0 Å². The van der Waals surface area contributed by atoms with Crippen LogP contribution in [0.2, 0.25) is 5.02 Å². The Hall–Kier alpha value is -1.32. The van der Waals surface area contributed by atoms with Crippen molar-refractivity contribution in [2.75, 3.05) is 13.1 Å². The van der Waals surface area contributed by atoms with Crippen molar-refractivity contribution >= 4 is 11.6 Å². The Kier molecular flexibility index (Phi) is 5.00. The molecule has 1 N–H and O–H groups in total. The van der Waals surface area contributed by atoms with E-state index in [1.54, 1.807) is 0 Å². The molecule has 0 unspecified atom stereocenters. The number of hydrogen-bond acceptors (Lipinski definition) is 2. The summed E-state index contributed by atoms with van der Waals surface area (Å²) >= 11 is 6.04. The third kappa shape index (κ3) is 3.82. The minimum atomic E-state index is 0.727. The number of halogens is 1. The minimum Gasteiger partial charge on any atom is -0.317 e. The largest absolute Gasteiger partial charge is 0.317 e. The molecule has 0 radical (unpaired) electrons. The normalized spacial score (nSPS) is 10.9. The second kappa shape index (κ2) is 6.73. The van der Waals surface area contributed by atoms with Crippen molar-refractivity contribution < 1.29 is 0 Å². The molecule has 0 aliphatic rings. The average molecular weight is 278 g/mol. The van der Waals surface area contributed by atoms with Crippen LogP contribution in [0.3, 0.4) is 0 Å². The predicted octanol–water partition coefficient (Wildman–Crippen LogP) is 3.05. The van der Waals surface area contributed by atoms with Crippen LogP contribution in [0, 0.1) is 6.92 Å². The summed E-state index contributed by atoms with van der Waals surface area (Å²) in [6, 6.07) is 8.51. The fourth-order valence-electron chi connectivity index (χ4n) is 2.10. The molecule has 0 saturated carbocycles. The maximum atomic E-state index is 6.04. The number of nitrogens with one attached hydrogen (secondary N) is 1. The number of nitrogens with zero attached hydrogens (tertiary/aromatic N) is 2. The van der Waals surface area contributed by atoms with E-state index >= 15 is 0 Å². The van der Waals surface area contributed by atoms with Gasteiger partial charge in [-0.25, -0.2) is 0 Å². The molecule has 2 aromatic rings. The fraction of sp³-hybridized carbons (Fsp3) is 0.400. The second-order valence-electron chi connectivity index (χ2n) is 4.63. The van der Waals surface area contributed by atoms with Crippen LogP contribution in [0.15, 0.2) is 30.5 Å². The van der Waals surface area contributed by atoms with Gasteiger partial charge in [0.15, 0.2) is 0 Å². The van der Waals surface area contributed by atoms with Crippen molar-refractivity contribution in [1.29, 1.82) is 0 Å². The van der Waals surface area contributed by atoms with Gasteiger partial charge in [-0.05, 0) is 37.6 Å². The van der Waals surface area contributed by atoms with Gasteiger partial charge in [0.2, 0.25) is 0 Å². The number of benzene rings is 1. The summed E-state index contributed by atoms with van der Waals surface area (Å²) in [4.78, 5) is 0. The number of aromatic nitrogens is 2. The van der Waals surface area contributed by atoms with Crippen molar-refractivity contribution in [2.45, 2.75) is 26.8 Å². The van der Waals surface area contributed by atoms with E-state index in [4.69, 9.17) is 11.6 Å². The standard InChI is InChI=1S/C15H20ClN3/c1-3-17-9-8-13-6-4-5-7-14(13)10-19-11-15(16)12(2)18-19/h4-7,11,17H,3,8-10H2,1-2H3. The third-order valence-corrected chi connectivity index (χ3v) is 3.53. The lowest BCUT2D eigenvalue weighted by molar-refractivity contribution is 0.665.